The Morgan fingerprint density at radius 3 is 1.96 bits per heavy atom. The summed E-state index contributed by atoms with van der Waals surface area (Å²) >= 11 is 0. The van der Waals surface area contributed by atoms with Crippen LogP contribution in [0.25, 0.3) is 10.8 Å². The minimum absolute atomic E-state index is 0. The zero-order valence-corrected chi connectivity index (χ0v) is 20.2. The maximum absolute atomic E-state index is 2.43. The van der Waals surface area contributed by atoms with E-state index in [0.29, 0.717) is 0 Å². The van der Waals surface area contributed by atoms with Crippen molar-refractivity contribution < 1.29 is 25.8 Å². The van der Waals surface area contributed by atoms with E-state index >= 15 is 0 Å². The van der Waals surface area contributed by atoms with E-state index in [9.17, 15) is 0 Å². The van der Waals surface area contributed by atoms with Crippen molar-refractivity contribution in [1.29, 1.82) is 0 Å². The standard InChI is InChI=1S/C14H15.C10H15.Hf/c1-2-10-6-7-13-8-11-4-3-5-12(11)9-14(10)13;1-6-7(2)9(4)10(5)8(6)3;/h6-9H,2-5H2,1H3;1-5H3;/q2*-1;. The van der Waals surface area contributed by atoms with Gasteiger partial charge in [-0.1, -0.05) is 59.1 Å². The molecular formula is C24H30Hf-2. The molecule has 0 bridgehead atoms. The van der Waals surface area contributed by atoms with E-state index < -0.39 is 0 Å². The molecule has 1 aliphatic rings. The van der Waals surface area contributed by atoms with Gasteiger partial charge in [-0.25, -0.2) is 0 Å². The van der Waals surface area contributed by atoms with E-state index in [1.807, 2.05) is 0 Å². The molecule has 1 heteroatoms. The molecule has 1 aliphatic carbocycles. The van der Waals surface area contributed by atoms with Gasteiger partial charge >= 0.3 is 0 Å². The smallest absolute Gasteiger partial charge is 0 e. The van der Waals surface area contributed by atoms with Crippen LogP contribution in [0.15, 0.2) is 24.3 Å². The molecule has 0 aliphatic heterocycles. The summed E-state index contributed by atoms with van der Waals surface area (Å²) in [5.41, 5.74) is 12.0. The van der Waals surface area contributed by atoms with Crippen molar-refractivity contribution in [2.24, 2.45) is 0 Å². The first-order valence-electron chi connectivity index (χ1n) is 9.33. The Morgan fingerprint density at radius 1 is 0.920 bits per heavy atom. The molecule has 3 aromatic carbocycles. The summed E-state index contributed by atoms with van der Waals surface area (Å²) in [6.07, 6.45) is 5.09. The number of hydrogen-bond acceptors (Lipinski definition) is 0. The number of hydrogen-bond donors (Lipinski definition) is 0. The van der Waals surface area contributed by atoms with E-state index in [2.05, 4.69) is 65.8 Å². The van der Waals surface area contributed by atoms with Crippen molar-refractivity contribution in [3.8, 4) is 0 Å². The Labute approximate surface area is 172 Å². The topological polar surface area (TPSA) is 0 Å². The van der Waals surface area contributed by atoms with Crippen LogP contribution in [-0.4, -0.2) is 0 Å². The quantitative estimate of drug-likeness (QED) is 0.264. The van der Waals surface area contributed by atoms with Gasteiger partial charge in [0.2, 0.25) is 0 Å². The fourth-order valence-electron chi connectivity index (χ4n) is 4.05. The van der Waals surface area contributed by atoms with Crippen LogP contribution in [-0.2, 0) is 45.1 Å². The maximum Gasteiger partial charge on any atom is 0 e. The second-order valence-electron chi connectivity index (χ2n) is 7.40. The minimum atomic E-state index is 0. The molecule has 0 atom stereocenters. The number of aryl methyl sites for hydroxylation is 3. The first-order valence-corrected chi connectivity index (χ1v) is 9.33. The van der Waals surface area contributed by atoms with Gasteiger partial charge in [0, 0.05) is 25.8 Å². The van der Waals surface area contributed by atoms with Crippen LogP contribution in [0.2, 0.25) is 0 Å². The van der Waals surface area contributed by atoms with Crippen LogP contribution in [0.3, 0.4) is 0 Å². The van der Waals surface area contributed by atoms with E-state index in [-0.39, 0.29) is 25.8 Å². The second-order valence-corrected chi connectivity index (χ2v) is 7.40. The van der Waals surface area contributed by atoms with E-state index in [4.69, 9.17) is 0 Å². The molecule has 25 heavy (non-hydrogen) atoms. The zero-order valence-electron chi connectivity index (χ0n) is 16.6. The predicted octanol–water partition coefficient (Wildman–Crippen LogP) is 6.55. The third kappa shape index (κ3) is 3.77. The summed E-state index contributed by atoms with van der Waals surface area (Å²) < 4.78 is 0. The van der Waals surface area contributed by atoms with E-state index in [0.717, 1.165) is 6.42 Å². The van der Waals surface area contributed by atoms with Crippen molar-refractivity contribution in [2.45, 2.75) is 67.2 Å². The Hall–Kier alpha value is -0.950. The molecule has 0 unspecified atom stereocenters. The van der Waals surface area contributed by atoms with Crippen LogP contribution in [0.4, 0.5) is 0 Å². The van der Waals surface area contributed by atoms with Crippen molar-refractivity contribution >= 4 is 10.8 Å². The normalized spacial score (nSPS) is 12.6. The Bertz CT molecular complexity index is 793. The van der Waals surface area contributed by atoms with Gasteiger partial charge in [0.15, 0.2) is 0 Å². The van der Waals surface area contributed by atoms with Gasteiger partial charge < -0.3 is 0 Å². The van der Waals surface area contributed by atoms with Crippen LogP contribution < -0.4 is 0 Å². The summed E-state index contributed by atoms with van der Waals surface area (Å²) in [6, 6.07) is 9.37. The molecule has 0 heterocycles. The third-order valence-electron chi connectivity index (χ3n) is 6.27. The molecule has 0 amide bonds. The van der Waals surface area contributed by atoms with E-state index in [1.54, 1.807) is 11.1 Å². The molecule has 3 aromatic rings. The van der Waals surface area contributed by atoms with Crippen LogP contribution in [0, 0.1) is 34.6 Å². The summed E-state index contributed by atoms with van der Waals surface area (Å²) in [5.74, 6) is 0. The fourth-order valence-corrected chi connectivity index (χ4v) is 4.05. The van der Waals surface area contributed by atoms with Crippen LogP contribution >= 0.6 is 0 Å². The zero-order chi connectivity index (χ0) is 17.4. The first kappa shape index (κ1) is 20.4. The Morgan fingerprint density at radius 2 is 1.48 bits per heavy atom. The van der Waals surface area contributed by atoms with Crippen LogP contribution in [0.5, 0.6) is 0 Å². The number of benzene rings is 1. The van der Waals surface area contributed by atoms with Crippen molar-refractivity contribution in [2.75, 3.05) is 0 Å². The largest absolute Gasteiger partial charge is 0.196 e. The van der Waals surface area contributed by atoms with Gasteiger partial charge in [-0.3, -0.25) is 0 Å². The van der Waals surface area contributed by atoms with Gasteiger partial charge in [0.05, 0.1) is 0 Å². The Kier molecular flexibility index (Phi) is 6.65. The van der Waals surface area contributed by atoms with Crippen LogP contribution in [0.1, 0.15) is 57.9 Å². The molecule has 0 saturated heterocycles. The van der Waals surface area contributed by atoms with Gasteiger partial charge in [-0.2, -0.15) is 33.9 Å². The minimum Gasteiger partial charge on any atom is -0.196 e. The molecule has 0 spiro atoms. The summed E-state index contributed by atoms with van der Waals surface area (Å²) in [6.45, 7) is 13.2. The fraction of sp³-hybridized carbons (Fsp3) is 0.417. The molecule has 0 aromatic heterocycles. The number of fused-ring (bicyclic) bond motifs is 2. The molecule has 4 rings (SSSR count). The molecule has 0 saturated carbocycles. The summed E-state index contributed by atoms with van der Waals surface area (Å²) in [4.78, 5) is 0. The monoisotopic (exact) mass is 498 g/mol. The third-order valence-corrected chi connectivity index (χ3v) is 6.27. The van der Waals surface area contributed by atoms with Gasteiger partial charge in [-0.15, -0.1) is 34.5 Å². The van der Waals surface area contributed by atoms with Gasteiger partial charge in [0.25, 0.3) is 0 Å². The summed E-state index contributed by atoms with van der Waals surface area (Å²) in [5, 5.41) is 2.94. The average Bonchev–Trinajstić information content (AvgIpc) is 3.25. The average molecular weight is 497 g/mol. The molecule has 0 N–H and O–H groups in total. The molecule has 0 fully saturated rings. The van der Waals surface area contributed by atoms with Gasteiger partial charge in [-0.05, 0) is 19.3 Å². The van der Waals surface area contributed by atoms with E-state index in [1.165, 1.54) is 63.4 Å². The molecule has 132 valence electrons. The van der Waals surface area contributed by atoms with Crippen molar-refractivity contribution in [1.82, 2.24) is 0 Å². The number of rotatable bonds is 1. The SMILES string of the molecule is CC[c-]1ccc2cc3c(cc21)CCC3.Cc1c(C)c(C)[c-](C)c1C.[Hf]. The second kappa shape index (κ2) is 8.16. The van der Waals surface area contributed by atoms with Crippen molar-refractivity contribution in [3.63, 3.8) is 0 Å². The van der Waals surface area contributed by atoms with Gasteiger partial charge in [0.1, 0.15) is 0 Å². The molecular weight excluding hydrogens is 467 g/mol. The van der Waals surface area contributed by atoms with Crippen molar-refractivity contribution in [3.05, 3.63) is 68.8 Å². The Balaban J connectivity index is 0.000000184. The molecule has 0 radical (unpaired) electrons. The predicted molar refractivity (Wildman–Crippen MR) is 107 cm³/mol. The molecule has 0 nitrogen and oxygen atoms in total. The first-order chi connectivity index (χ1) is 11.4. The maximum atomic E-state index is 2.43. The summed E-state index contributed by atoms with van der Waals surface area (Å²) in [7, 11) is 0.